The van der Waals surface area contributed by atoms with Crippen molar-refractivity contribution in [2.75, 3.05) is 24.5 Å². The van der Waals surface area contributed by atoms with Gasteiger partial charge in [0.2, 0.25) is 5.91 Å². The largest absolute Gasteiger partial charge is 0.369 e. The van der Waals surface area contributed by atoms with E-state index in [0.717, 1.165) is 56.0 Å². The average molecular weight is 338 g/mol. The van der Waals surface area contributed by atoms with Crippen molar-refractivity contribution in [2.45, 2.75) is 25.8 Å². The Balaban J connectivity index is 1.76. The molecule has 0 radical (unpaired) electrons. The zero-order valence-corrected chi connectivity index (χ0v) is 14.1. The molecule has 2 aromatic heterocycles. The topological polar surface area (TPSA) is 97.0 Å². The van der Waals surface area contributed by atoms with Gasteiger partial charge in [-0.2, -0.15) is 0 Å². The number of rotatable bonds is 3. The molecule has 0 unspecified atom stereocenters. The number of nitrogens with zero attached hydrogens (tertiary/aromatic N) is 4. The van der Waals surface area contributed by atoms with E-state index in [1.54, 1.807) is 12.4 Å². The van der Waals surface area contributed by atoms with Gasteiger partial charge in [0.1, 0.15) is 5.82 Å². The highest BCUT2D eigenvalue weighted by Gasteiger charge is 2.28. The summed E-state index contributed by atoms with van der Waals surface area (Å²) in [5.74, 6) is 1.31. The van der Waals surface area contributed by atoms with Crippen LogP contribution in [0, 0.1) is 5.92 Å². The molecule has 25 heavy (non-hydrogen) atoms. The summed E-state index contributed by atoms with van der Waals surface area (Å²) in [6, 6.07) is 3.86. The van der Waals surface area contributed by atoms with Crippen molar-refractivity contribution in [3.8, 4) is 11.4 Å². The molecule has 4 rings (SSSR count). The Hall–Kier alpha value is -2.54. The molecule has 0 bridgehead atoms. The Kier molecular flexibility index (Phi) is 4.31. The summed E-state index contributed by atoms with van der Waals surface area (Å²) >= 11 is 0. The molecule has 1 saturated heterocycles. The van der Waals surface area contributed by atoms with Crippen molar-refractivity contribution in [1.82, 2.24) is 20.3 Å². The third kappa shape index (κ3) is 3.19. The molecule has 2 aliphatic rings. The van der Waals surface area contributed by atoms with Crippen LogP contribution in [-0.4, -0.2) is 40.5 Å². The number of amides is 1. The van der Waals surface area contributed by atoms with Gasteiger partial charge < -0.3 is 16.0 Å². The highest BCUT2D eigenvalue weighted by molar-refractivity contribution is 5.77. The van der Waals surface area contributed by atoms with E-state index in [1.165, 1.54) is 5.56 Å². The van der Waals surface area contributed by atoms with Crippen LogP contribution < -0.4 is 16.0 Å². The quantitative estimate of drug-likeness (QED) is 0.862. The normalized spacial score (nSPS) is 20.2. The zero-order chi connectivity index (χ0) is 17.2. The summed E-state index contributed by atoms with van der Waals surface area (Å²) in [6.07, 6.45) is 6.23. The number of aromatic nitrogens is 3. The average Bonchev–Trinajstić information content (AvgIpc) is 2.68. The summed E-state index contributed by atoms with van der Waals surface area (Å²) in [5.41, 5.74) is 8.68. The van der Waals surface area contributed by atoms with Crippen molar-refractivity contribution in [3.05, 3.63) is 35.8 Å². The fraction of sp³-hybridized carbons (Fsp3) is 0.444. The van der Waals surface area contributed by atoms with Gasteiger partial charge in [-0.05, 0) is 37.9 Å². The molecule has 2 aromatic rings. The summed E-state index contributed by atoms with van der Waals surface area (Å²) in [4.78, 5) is 27.7. The number of piperidine rings is 1. The van der Waals surface area contributed by atoms with E-state index in [-0.39, 0.29) is 11.8 Å². The summed E-state index contributed by atoms with van der Waals surface area (Å²) in [5, 5.41) is 3.38. The Morgan fingerprint density at radius 2 is 2.28 bits per heavy atom. The van der Waals surface area contributed by atoms with Crippen LogP contribution >= 0.6 is 0 Å². The van der Waals surface area contributed by atoms with E-state index in [0.29, 0.717) is 12.4 Å². The molecule has 130 valence electrons. The second kappa shape index (κ2) is 6.76. The minimum atomic E-state index is -0.221. The van der Waals surface area contributed by atoms with Crippen LogP contribution in [0.2, 0.25) is 0 Å². The van der Waals surface area contributed by atoms with Crippen LogP contribution in [0.15, 0.2) is 24.5 Å². The maximum atomic E-state index is 11.7. The highest BCUT2D eigenvalue weighted by Crippen LogP contribution is 2.30. The van der Waals surface area contributed by atoms with Crippen LogP contribution in [0.4, 0.5) is 5.82 Å². The van der Waals surface area contributed by atoms with Crippen molar-refractivity contribution in [3.63, 3.8) is 0 Å². The van der Waals surface area contributed by atoms with Crippen molar-refractivity contribution in [1.29, 1.82) is 0 Å². The predicted molar refractivity (Wildman–Crippen MR) is 94.8 cm³/mol. The SMILES string of the molecule is NC(=O)[C@H]1CCCN(c2nc(-c3cccnc3)nc3c2CCNC3)C1. The summed E-state index contributed by atoms with van der Waals surface area (Å²) in [7, 11) is 0. The van der Waals surface area contributed by atoms with E-state index in [9.17, 15) is 4.79 Å². The number of carbonyl (C=O) groups is 1. The van der Waals surface area contributed by atoms with Crippen molar-refractivity contribution < 1.29 is 4.79 Å². The molecule has 1 fully saturated rings. The standard InChI is InChI=1S/C18H22N6O/c19-16(25)13-4-2-8-24(11-13)18-14-5-7-21-10-15(14)22-17(23-18)12-3-1-6-20-9-12/h1,3,6,9,13,21H,2,4-5,7-8,10-11H2,(H2,19,25)/t13-/m0/s1. The van der Waals surface area contributed by atoms with Gasteiger partial charge in [-0.25, -0.2) is 9.97 Å². The van der Waals surface area contributed by atoms with Crippen LogP contribution in [0.25, 0.3) is 11.4 Å². The molecule has 7 nitrogen and oxygen atoms in total. The second-order valence-corrected chi connectivity index (χ2v) is 6.65. The third-order valence-corrected chi connectivity index (χ3v) is 4.96. The lowest BCUT2D eigenvalue weighted by Gasteiger charge is -2.34. The third-order valence-electron chi connectivity index (χ3n) is 4.96. The molecule has 0 saturated carbocycles. The van der Waals surface area contributed by atoms with E-state index >= 15 is 0 Å². The molecule has 0 aliphatic carbocycles. The minimum absolute atomic E-state index is 0.108. The van der Waals surface area contributed by atoms with Crippen molar-refractivity contribution >= 4 is 11.7 Å². The number of pyridine rings is 1. The van der Waals surface area contributed by atoms with Gasteiger partial charge in [-0.3, -0.25) is 9.78 Å². The monoisotopic (exact) mass is 338 g/mol. The van der Waals surface area contributed by atoms with Crippen LogP contribution in [-0.2, 0) is 17.8 Å². The lowest BCUT2D eigenvalue weighted by molar-refractivity contribution is -0.122. The molecule has 0 spiro atoms. The Morgan fingerprint density at radius 1 is 1.36 bits per heavy atom. The Morgan fingerprint density at radius 3 is 3.08 bits per heavy atom. The first-order valence-corrected chi connectivity index (χ1v) is 8.77. The van der Waals surface area contributed by atoms with E-state index in [2.05, 4.69) is 15.2 Å². The molecular weight excluding hydrogens is 316 g/mol. The van der Waals surface area contributed by atoms with E-state index in [4.69, 9.17) is 15.7 Å². The fourth-order valence-electron chi connectivity index (χ4n) is 3.63. The Bertz CT molecular complexity index is 779. The molecule has 4 heterocycles. The second-order valence-electron chi connectivity index (χ2n) is 6.65. The van der Waals surface area contributed by atoms with Crippen LogP contribution in [0.5, 0.6) is 0 Å². The number of fused-ring (bicyclic) bond motifs is 1. The van der Waals surface area contributed by atoms with Crippen LogP contribution in [0.3, 0.4) is 0 Å². The summed E-state index contributed by atoms with van der Waals surface area (Å²) < 4.78 is 0. The predicted octanol–water partition coefficient (Wildman–Crippen LogP) is 0.886. The molecule has 7 heteroatoms. The molecule has 0 aromatic carbocycles. The smallest absolute Gasteiger partial charge is 0.222 e. The number of carbonyl (C=O) groups excluding carboxylic acids is 1. The minimum Gasteiger partial charge on any atom is -0.369 e. The van der Waals surface area contributed by atoms with Crippen molar-refractivity contribution in [2.24, 2.45) is 11.7 Å². The number of nitrogens with one attached hydrogen (secondary N) is 1. The first-order chi connectivity index (χ1) is 12.2. The first-order valence-electron chi connectivity index (χ1n) is 8.77. The van der Waals surface area contributed by atoms with Gasteiger partial charge in [0.25, 0.3) is 0 Å². The van der Waals surface area contributed by atoms with Crippen LogP contribution in [0.1, 0.15) is 24.1 Å². The first kappa shape index (κ1) is 16.0. The molecule has 2 aliphatic heterocycles. The van der Waals surface area contributed by atoms with Gasteiger partial charge in [0.15, 0.2) is 5.82 Å². The van der Waals surface area contributed by atoms with Gasteiger partial charge >= 0.3 is 0 Å². The Labute approximate surface area is 146 Å². The van der Waals surface area contributed by atoms with Gasteiger partial charge in [0.05, 0.1) is 11.6 Å². The lowest BCUT2D eigenvalue weighted by atomic mass is 9.96. The van der Waals surface area contributed by atoms with Gasteiger partial charge in [-0.1, -0.05) is 0 Å². The lowest BCUT2D eigenvalue weighted by Crippen LogP contribution is -2.42. The number of primary amides is 1. The number of nitrogens with two attached hydrogens (primary N) is 1. The summed E-state index contributed by atoms with van der Waals surface area (Å²) in [6.45, 7) is 3.19. The molecule has 1 amide bonds. The zero-order valence-electron chi connectivity index (χ0n) is 14.1. The van der Waals surface area contributed by atoms with E-state index in [1.807, 2.05) is 12.1 Å². The number of anilines is 1. The number of hydrogen-bond acceptors (Lipinski definition) is 6. The number of hydrogen-bond donors (Lipinski definition) is 2. The van der Waals surface area contributed by atoms with Gasteiger partial charge in [0, 0.05) is 43.2 Å². The molecule has 3 N–H and O–H groups in total. The maximum absolute atomic E-state index is 11.7. The molecule has 1 atom stereocenters. The maximum Gasteiger partial charge on any atom is 0.222 e. The molecular formula is C18H22N6O. The van der Waals surface area contributed by atoms with Gasteiger partial charge in [-0.15, -0.1) is 0 Å². The fourth-order valence-corrected chi connectivity index (χ4v) is 3.63. The highest BCUT2D eigenvalue weighted by atomic mass is 16.1. The van der Waals surface area contributed by atoms with E-state index < -0.39 is 0 Å².